The summed E-state index contributed by atoms with van der Waals surface area (Å²) in [5.41, 5.74) is 5.77. The van der Waals surface area contributed by atoms with Crippen molar-refractivity contribution in [1.82, 2.24) is 10.2 Å². The number of nitrogens with zero attached hydrogens (tertiary/aromatic N) is 2. The summed E-state index contributed by atoms with van der Waals surface area (Å²) >= 11 is 0. The topological polar surface area (TPSA) is 92.1 Å². The molecule has 0 radical (unpaired) electrons. The van der Waals surface area contributed by atoms with Gasteiger partial charge in [-0.3, -0.25) is 9.40 Å². The van der Waals surface area contributed by atoms with Gasteiger partial charge in [-0.1, -0.05) is 6.07 Å². The van der Waals surface area contributed by atoms with Gasteiger partial charge in [0.1, 0.15) is 16.5 Å². The van der Waals surface area contributed by atoms with E-state index in [4.69, 9.17) is 5.73 Å². The van der Waals surface area contributed by atoms with Gasteiger partial charge in [-0.2, -0.15) is 5.10 Å². The first-order valence-corrected chi connectivity index (χ1v) is 6.98. The molecule has 19 heavy (non-hydrogen) atoms. The van der Waals surface area contributed by atoms with Gasteiger partial charge in [0, 0.05) is 6.54 Å². The number of aromatic nitrogens is 2. The van der Waals surface area contributed by atoms with E-state index in [1.54, 1.807) is 6.92 Å². The highest BCUT2D eigenvalue weighted by Gasteiger charge is 2.27. The second kappa shape index (κ2) is 4.88. The van der Waals surface area contributed by atoms with Crippen molar-refractivity contribution in [3.63, 3.8) is 0 Å². The van der Waals surface area contributed by atoms with E-state index in [-0.39, 0.29) is 22.9 Å². The van der Waals surface area contributed by atoms with Crippen LogP contribution in [0.1, 0.15) is 6.92 Å². The van der Waals surface area contributed by atoms with Crippen LogP contribution in [-0.4, -0.2) is 25.2 Å². The molecule has 0 saturated carbocycles. The molecule has 102 valence electrons. The molecule has 6 nitrogen and oxygen atoms in total. The van der Waals surface area contributed by atoms with E-state index in [2.05, 4.69) is 10.2 Å². The number of benzene rings is 1. The largest absolute Gasteiger partial charge is 0.383 e. The van der Waals surface area contributed by atoms with Crippen LogP contribution in [0, 0.1) is 5.82 Å². The van der Waals surface area contributed by atoms with Crippen molar-refractivity contribution in [3.05, 3.63) is 36.3 Å². The maximum atomic E-state index is 13.2. The Bertz CT molecular complexity index is 684. The molecule has 0 saturated heterocycles. The van der Waals surface area contributed by atoms with E-state index >= 15 is 0 Å². The lowest BCUT2D eigenvalue weighted by atomic mass is 10.3. The minimum atomic E-state index is -3.86. The van der Waals surface area contributed by atoms with Crippen LogP contribution in [0.25, 0.3) is 0 Å². The minimum Gasteiger partial charge on any atom is -0.383 e. The number of H-pyrrole nitrogens is 1. The second-order valence-corrected chi connectivity index (χ2v) is 5.63. The first-order chi connectivity index (χ1) is 8.96. The third-order valence-corrected chi connectivity index (χ3v) is 4.51. The molecule has 2 aromatic rings. The molecular weight excluding hydrogens is 271 g/mol. The van der Waals surface area contributed by atoms with Crippen LogP contribution in [0.2, 0.25) is 0 Å². The van der Waals surface area contributed by atoms with E-state index in [1.165, 1.54) is 18.2 Å². The smallest absolute Gasteiger partial charge is 0.269 e. The average molecular weight is 284 g/mol. The van der Waals surface area contributed by atoms with E-state index in [9.17, 15) is 12.8 Å². The quantitative estimate of drug-likeness (QED) is 0.886. The van der Waals surface area contributed by atoms with Crippen LogP contribution in [-0.2, 0) is 10.0 Å². The zero-order chi connectivity index (χ0) is 14.0. The molecule has 0 aliphatic carbocycles. The number of nitrogens with one attached hydrogen (secondary N) is 1. The summed E-state index contributed by atoms with van der Waals surface area (Å²) in [5.74, 6) is -0.554. The van der Waals surface area contributed by atoms with E-state index in [0.29, 0.717) is 0 Å². The van der Waals surface area contributed by atoms with Gasteiger partial charge in [-0.25, -0.2) is 12.8 Å². The molecule has 1 heterocycles. The third-order valence-electron chi connectivity index (χ3n) is 2.58. The van der Waals surface area contributed by atoms with Crippen LogP contribution in [0.3, 0.4) is 0 Å². The monoisotopic (exact) mass is 284 g/mol. The summed E-state index contributed by atoms with van der Waals surface area (Å²) in [6.45, 7) is 1.80. The predicted octanol–water partition coefficient (Wildman–Crippen LogP) is 1.35. The lowest BCUT2D eigenvalue weighted by molar-refractivity contribution is 0.592. The van der Waals surface area contributed by atoms with Crippen molar-refractivity contribution in [3.8, 4) is 0 Å². The van der Waals surface area contributed by atoms with Gasteiger partial charge in [-0.05, 0) is 25.1 Å². The first kappa shape index (κ1) is 13.3. The summed E-state index contributed by atoms with van der Waals surface area (Å²) in [6.07, 6.45) is 1.13. The average Bonchev–Trinajstić information content (AvgIpc) is 2.77. The van der Waals surface area contributed by atoms with Crippen LogP contribution in [0.5, 0.6) is 0 Å². The summed E-state index contributed by atoms with van der Waals surface area (Å²) in [4.78, 5) is -0.126. The summed E-state index contributed by atoms with van der Waals surface area (Å²) in [7, 11) is -3.86. The zero-order valence-corrected chi connectivity index (χ0v) is 11.0. The molecule has 1 aromatic heterocycles. The SMILES string of the molecule is CCN(c1cccc(F)c1)S(=O)(=O)c1cn[nH]c1N. The molecular formula is C11H13FN4O2S. The maximum absolute atomic E-state index is 13.2. The number of nitrogens with two attached hydrogens (primary N) is 1. The Labute approximate surface area is 110 Å². The molecule has 0 atom stereocenters. The van der Waals surface area contributed by atoms with Crippen molar-refractivity contribution < 1.29 is 12.8 Å². The Morgan fingerprint density at radius 1 is 1.47 bits per heavy atom. The molecule has 0 aliphatic heterocycles. The van der Waals surface area contributed by atoms with Gasteiger partial charge < -0.3 is 5.73 Å². The molecule has 1 aromatic carbocycles. The normalized spacial score (nSPS) is 11.5. The molecule has 8 heteroatoms. The number of sulfonamides is 1. The molecule has 0 fully saturated rings. The highest BCUT2D eigenvalue weighted by molar-refractivity contribution is 7.93. The Balaban J connectivity index is 2.51. The highest BCUT2D eigenvalue weighted by Crippen LogP contribution is 2.25. The number of nitrogen functional groups attached to an aromatic ring is 1. The maximum Gasteiger partial charge on any atom is 0.269 e. The summed E-state index contributed by atoms with van der Waals surface area (Å²) in [6, 6.07) is 5.36. The number of anilines is 2. The lowest BCUT2D eigenvalue weighted by Crippen LogP contribution is -2.31. The van der Waals surface area contributed by atoms with E-state index in [0.717, 1.165) is 16.6 Å². The minimum absolute atomic E-state index is 0.0464. The molecule has 0 bridgehead atoms. The number of hydrogen-bond acceptors (Lipinski definition) is 4. The van der Waals surface area contributed by atoms with Crippen LogP contribution in [0.4, 0.5) is 15.9 Å². The van der Waals surface area contributed by atoms with E-state index in [1.807, 2.05) is 0 Å². The van der Waals surface area contributed by atoms with E-state index < -0.39 is 15.8 Å². The number of aromatic amines is 1. The number of rotatable bonds is 4. The van der Waals surface area contributed by atoms with Crippen molar-refractivity contribution in [2.45, 2.75) is 11.8 Å². The van der Waals surface area contributed by atoms with Gasteiger partial charge in [0.15, 0.2) is 0 Å². The molecule has 3 N–H and O–H groups in total. The molecule has 0 amide bonds. The van der Waals surface area contributed by atoms with Gasteiger partial charge in [0.25, 0.3) is 10.0 Å². The van der Waals surface area contributed by atoms with Gasteiger partial charge in [-0.15, -0.1) is 0 Å². The fourth-order valence-electron chi connectivity index (χ4n) is 1.73. The Hall–Kier alpha value is -2.09. The Kier molecular flexibility index (Phi) is 3.43. The van der Waals surface area contributed by atoms with Crippen LogP contribution in [0.15, 0.2) is 35.4 Å². The number of halogens is 1. The lowest BCUT2D eigenvalue weighted by Gasteiger charge is -2.22. The molecule has 0 unspecified atom stereocenters. The van der Waals surface area contributed by atoms with Gasteiger partial charge in [0.05, 0.1) is 11.9 Å². The zero-order valence-electron chi connectivity index (χ0n) is 10.2. The van der Waals surface area contributed by atoms with Gasteiger partial charge >= 0.3 is 0 Å². The second-order valence-electron chi connectivity index (χ2n) is 3.80. The van der Waals surface area contributed by atoms with Gasteiger partial charge in [0.2, 0.25) is 0 Å². The standard InChI is InChI=1S/C11H13FN4O2S/c1-2-16(9-5-3-4-8(12)6-9)19(17,18)10-7-14-15-11(10)13/h3-7H,2H2,1H3,(H3,13,14,15). The Morgan fingerprint density at radius 2 is 2.21 bits per heavy atom. The molecule has 2 rings (SSSR count). The first-order valence-electron chi connectivity index (χ1n) is 5.54. The van der Waals surface area contributed by atoms with Crippen molar-refractivity contribution in [2.24, 2.45) is 0 Å². The number of hydrogen-bond donors (Lipinski definition) is 2. The fourth-order valence-corrected chi connectivity index (χ4v) is 3.21. The molecule has 0 aliphatic rings. The summed E-state index contributed by atoms with van der Waals surface area (Å²) < 4.78 is 39.1. The van der Waals surface area contributed by atoms with Crippen LogP contribution >= 0.6 is 0 Å². The van der Waals surface area contributed by atoms with Crippen molar-refractivity contribution >= 4 is 21.5 Å². The highest BCUT2D eigenvalue weighted by atomic mass is 32.2. The summed E-state index contributed by atoms with van der Waals surface area (Å²) in [5, 5.41) is 5.95. The molecule has 0 spiro atoms. The van der Waals surface area contributed by atoms with Crippen molar-refractivity contribution in [2.75, 3.05) is 16.6 Å². The Morgan fingerprint density at radius 3 is 2.74 bits per heavy atom. The predicted molar refractivity (Wildman–Crippen MR) is 69.6 cm³/mol. The van der Waals surface area contributed by atoms with Crippen molar-refractivity contribution in [1.29, 1.82) is 0 Å². The fraction of sp³-hybridized carbons (Fsp3) is 0.182. The third kappa shape index (κ3) is 2.39. The van der Waals surface area contributed by atoms with Crippen LogP contribution < -0.4 is 10.0 Å².